The SMILES string of the molecule is Cc1ncsc1CN(C)C[C@@H]1CCN(C(=O)c2sccc2C#N)C1. The molecule has 5 nitrogen and oxygen atoms in total. The van der Waals surface area contributed by atoms with E-state index in [1.807, 2.05) is 22.7 Å². The third-order valence-corrected chi connectivity index (χ3v) is 6.20. The molecule has 3 heterocycles. The maximum atomic E-state index is 12.6. The van der Waals surface area contributed by atoms with Crippen molar-refractivity contribution in [1.29, 1.82) is 5.26 Å². The molecule has 0 bridgehead atoms. The Balaban J connectivity index is 1.55. The van der Waals surface area contributed by atoms with Crippen LogP contribution in [0.15, 0.2) is 17.0 Å². The number of rotatable bonds is 5. The van der Waals surface area contributed by atoms with Crippen LogP contribution >= 0.6 is 22.7 Å². The molecular formula is C17H20N4OS2. The summed E-state index contributed by atoms with van der Waals surface area (Å²) in [5, 5.41) is 10.9. The van der Waals surface area contributed by atoms with Crippen LogP contribution in [0, 0.1) is 24.2 Å². The molecule has 126 valence electrons. The van der Waals surface area contributed by atoms with Gasteiger partial charge in [0, 0.05) is 31.1 Å². The van der Waals surface area contributed by atoms with E-state index in [0.717, 1.165) is 38.3 Å². The number of thiophene rings is 1. The summed E-state index contributed by atoms with van der Waals surface area (Å²) in [7, 11) is 2.12. The number of nitrogens with zero attached hydrogens (tertiary/aromatic N) is 4. The molecule has 1 atom stereocenters. The van der Waals surface area contributed by atoms with Crippen LogP contribution in [0.25, 0.3) is 0 Å². The van der Waals surface area contributed by atoms with Crippen LogP contribution in [0.1, 0.15) is 32.2 Å². The van der Waals surface area contributed by atoms with Crippen LogP contribution in [0.4, 0.5) is 0 Å². The number of hydrogen-bond donors (Lipinski definition) is 0. The minimum atomic E-state index is 0.00463. The second kappa shape index (κ2) is 7.43. The molecule has 0 aromatic carbocycles. The van der Waals surface area contributed by atoms with Crippen LogP contribution in [-0.2, 0) is 6.54 Å². The fourth-order valence-electron chi connectivity index (χ4n) is 3.10. The fourth-order valence-corrected chi connectivity index (χ4v) is 4.77. The molecule has 1 saturated heterocycles. The van der Waals surface area contributed by atoms with Crippen LogP contribution in [0.2, 0.25) is 0 Å². The molecule has 0 N–H and O–H groups in total. The van der Waals surface area contributed by atoms with Gasteiger partial charge in [-0.05, 0) is 37.8 Å². The molecule has 1 aliphatic rings. The summed E-state index contributed by atoms with van der Waals surface area (Å²) >= 11 is 3.06. The van der Waals surface area contributed by atoms with Crippen LogP contribution in [0.5, 0.6) is 0 Å². The van der Waals surface area contributed by atoms with Gasteiger partial charge in [0.25, 0.3) is 5.91 Å². The van der Waals surface area contributed by atoms with Crippen molar-refractivity contribution < 1.29 is 4.79 Å². The number of carbonyl (C=O) groups is 1. The second-order valence-corrected chi connectivity index (χ2v) is 8.09. The van der Waals surface area contributed by atoms with E-state index in [2.05, 4.69) is 23.0 Å². The standard InChI is InChI=1S/C17H20N4OS2/c1-12-15(24-11-19-12)10-20(2)8-13-3-5-21(9-13)17(22)16-14(7-18)4-6-23-16/h4,6,11,13H,3,5,8-10H2,1-2H3/t13-/m0/s1. The number of aryl methyl sites for hydroxylation is 1. The van der Waals surface area contributed by atoms with E-state index < -0.39 is 0 Å². The zero-order valence-corrected chi connectivity index (χ0v) is 15.5. The van der Waals surface area contributed by atoms with Crippen molar-refractivity contribution in [2.45, 2.75) is 19.9 Å². The predicted molar refractivity (Wildman–Crippen MR) is 96.2 cm³/mol. The summed E-state index contributed by atoms with van der Waals surface area (Å²) in [6.07, 6.45) is 1.02. The molecule has 0 unspecified atom stereocenters. The lowest BCUT2D eigenvalue weighted by Crippen LogP contribution is -2.31. The average molecular weight is 361 g/mol. The topological polar surface area (TPSA) is 60.2 Å². The number of amides is 1. The third-order valence-electron chi connectivity index (χ3n) is 4.38. The Morgan fingerprint density at radius 3 is 3.08 bits per heavy atom. The molecular weight excluding hydrogens is 340 g/mol. The number of likely N-dealkylation sites (tertiary alicyclic amines) is 1. The number of hydrogen-bond acceptors (Lipinski definition) is 6. The highest BCUT2D eigenvalue weighted by molar-refractivity contribution is 7.12. The zero-order valence-electron chi connectivity index (χ0n) is 13.9. The van der Waals surface area contributed by atoms with Gasteiger partial charge in [0.15, 0.2) is 0 Å². The van der Waals surface area contributed by atoms with Crippen molar-refractivity contribution in [2.24, 2.45) is 5.92 Å². The van der Waals surface area contributed by atoms with E-state index in [4.69, 9.17) is 5.26 Å². The lowest BCUT2D eigenvalue weighted by Gasteiger charge is -2.21. The maximum Gasteiger partial charge on any atom is 0.265 e. The zero-order chi connectivity index (χ0) is 17.1. The smallest absolute Gasteiger partial charge is 0.265 e. The van der Waals surface area contributed by atoms with Gasteiger partial charge in [0.2, 0.25) is 0 Å². The van der Waals surface area contributed by atoms with Crippen molar-refractivity contribution in [1.82, 2.24) is 14.8 Å². The first-order chi connectivity index (χ1) is 11.6. The van der Waals surface area contributed by atoms with Gasteiger partial charge < -0.3 is 9.80 Å². The molecule has 0 spiro atoms. The van der Waals surface area contributed by atoms with Crippen LogP contribution < -0.4 is 0 Å². The summed E-state index contributed by atoms with van der Waals surface area (Å²) < 4.78 is 0. The Hall–Kier alpha value is -1.75. The molecule has 2 aromatic rings. The van der Waals surface area contributed by atoms with E-state index in [0.29, 0.717) is 16.4 Å². The van der Waals surface area contributed by atoms with Crippen molar-refractivity contribution >= 4 is 28.6 Å². The Kier molecular flexibility index (Phi) is 5.29. The number of carbonyl (C=O) groups excluding carboxylic acids is 1. The molecule has 24 heavy (non-hydrogen) atoms. The summed E-state index contributed by atoms with van der Waals surface area (Å²) in [5.74, 6) is 0.489. The van der Waals surface area contributed by atoms with E-state index in [1.165, 1.54) is 16.2 Å². The van der Waals surface area contributed by atoms with Gasteiger partial charge in [-0.1, -0.05) is 0 Å². The van der Waals surface area contributed by atoms with Crippen LogP contribution in [0.3, 0.4) is 0 Å². The fraction of sp³-hybridized carbons (Fsp3) is 0.471. The van der Waals surface area contributed by atoms with E-state index >= 15 is 0 Å². The van der Waals surface area contributed by atoms with Gasteiger partial charge in [0.05, 0.1) is 16.8 Å². The van der Waals surface area contributed by atoms with Gasteiger partial charge in [-0.3, -0.25) is 4.79 Å². The van der Waals surface area contributed by atoms with Gasteiger partial charge >= 0.3 is 0 Å². The largest absolute Gasteiger partial charge is 0.338 e. The molecule has 1 aliphatic heterocycles. The minimum Gasteiger partial charge on any atom is -0.338 e. The first-order valence-corrected chi connectivity index (χ1v) is 9.68. The molecule has 0 radical (unpaired) electrons. The Bertz CT molecular complexity index is 761. The summed E-state index contributed by atoms with van der Waals surface area (Å²) in [4.78, 5) is 23.0. The van der Waals surface area contributed by atoms with Gasteiger partial charge in [-0.2, -0.15) is 5.26 Å². The van der Waals surface area contributed by atoms with E-state index in [9.17, 15) is 4.79 Å². The first-order valence-electron chi connectivity index (χ1n) is 7.93. The molecule has 0 saturated carbocycles. The predicted octanol–water partition coefficient (Wildman–Crippen LogP) is 2.98. The lowest BCUT2D eigenvalue weighted by molar-refractivity contribution is 0.0788. The molecule has 1 amide bonds. The minimum absolute atomic E-state index is 0.00463. The average Bonchev–Trinajstić information content (AvgIpc) is 3.28. The van der Waals surface area contributed by atoms with Crippen molar-refractivity contribution in [2.75, 3.05) is 26.7 Å². The summed E-state index contributed by atoms with van der Waals surface area (Å²) in [5.41, 5.74) is 3.49. The lowest BCUT2D eigenvalue weighted by atomic mass is 10.1. The normalized spacial score (nSPS) is 17.4. The molecule has 2 aromatic heterocycles. The Labute approximate surface area is 150 Å². The Morgan fingerprint density at radius 1 is 1.54 bits per heavy atom. The molecule has 1 fully saturated rings. The van der Waals surface area contributed by atoms with Gasteiger partial charge in [-0.15, -0.1) is 22.7 Å². The quantitative estimate of drug-likeness (QED) is 0.822. The molecule has 7 heteroatoms. The van der Waals surface area contributed by atoms with Crippen LogP contribution in [-0.4, -0.2) is 47.4 Å². The molecule has 3 rings (SSSR count). The van der Waals surface area contributed by atoms with Crippen molar-refractivity contribution in [3.63, 3.8) is 0 Å². The third kappa shape index (κ3) is 3.66. The van der Waals surface area contributed by atoms with Crippen molar-refractivity contribution in [3.05, 3.63) is 38.0 Å². The first kappa shape index (κ1) is 17.1. The second-order valence-electron chi connectivity index (χ2n) is 6.24. The summed E-state index contributed by atoms with van der Waals surface area (Å²) in [6, 6.07) is 3.82. The number of aromatic nitrogens is 1. The van der Waals surface area contributed by atoms with E-state index in [1.54, 1.807) is 17.4 Å². The van der Waals surface area contributed by atoms with E-state index in [-0.39, 0.29) is 5.91 Å². The number of nitriles is 1. The molecule has 0 aliphatic carbocycles. The number of thiazole rings is 1. The van der Waals surface area contributed by atoms with Gasteiger partial charge in [-0.25, -0.2) is 4.98 Å². The van der Waals surface area contributed by atoms with Gasteiger partial charge in [0.1, 0.15) is 10.9 Å². The highest BCUT2D eigenvalue weighted by atomic mass is 32.1. The monoisotopic (exact) mass is 360 g/mol. The van der Waals surface area contributed by atoms with Crippen molar-refractivity contribution in [3.8, 4) is 6.07 Å². The maximum absolute atomic E-state index is 12.6. The highest BCUT2D eigenvalue weighted by Crippen LogP contribution is 2.24. The summed E-state index contributed by atoms with van der Waals surface area (Å²) in [6.45, 7) is 5.47. The highest BCUT2D eigenvalue weighted by Gasteiger charge is 2.29. The Morgan fingerprint density at radius 2 is 2.38 bits per heavy atom.